The molecular formula is C13H23BrO3Si. The fraction of sp³-hybridized carbons (Fsp3) is 0.923. The van der Waals surface area contributed by atoms with Crippen LogP contribution in [0.2, 0.25) is 18.1 Å². The lowest BCUT2D eigenvalue weighted by atomic mass is 10.0. The standard InChI is InChI=1S/C13H23BrO3Si/c1-13(2,3)18(4,5)17-10-6-8-9(11(10)14)7-16-12(8)15/h8-11H,6-7H2,1-5H3/t8-,9-,10+,11+/m1/s1. The Morgan fingerprint density at radius 1 is 1.39 bits per heavy atom. The highest BCUT2D eigenvalue weighted by molar-refractivity contribution is 9.09. The van der Waals surface area contributed by atoms with Gasteiger partial charge in [0.1, 0.15) is 0 Å². The van der Waals surface area contributed by atoms with Crippen molar-refractivity contribution in [2.24, 2.45) is 11.8 Å². The van der Waals surface area contributed by atoms with Crippen LogP contribution < -0.4 is 0 Å². The number of cyclic esters (lactones) is 1. The largest absolute Gasteiger partial charge is 0.465 e. The quantitative estimate of drug-likeness (QED) is 0.441. The number of halogens is 1. The molecule has 0 aromatic heterocycles. The van der Waals surface area contributed by atoms with Crippen LogP contribution in [0.4, 0.5) is 0 Å². The van der Waals surface area contributed by atoms with E-state index in [1.54, 1.807) is 0 Å². The van der Waals surface area contributed by atoms with E-state index in [1.807, 2.05) is 0 Å². The topological polar surface area (TPSA) is 35.5 Å². The van der Waals surface area contributed by atoms with Gasteiger partial charge in [-0.15, -0.1) is 0 Å². The second-order valence-electron chi connectivity index (χ2n) is 7.00. The molecule has 2 rings (SSSR count). The molecule has 0 radical (unpaired) electrons. The molecule has 0 aromatic rings. The summed E-state index contributed by atoms with van der Waals surface area (Å²) in [4.78, 5) is 11.9. The monoisotopic (exact) mass is 334 g/mol. The van der Waals surface area contributed by atoms with Gasteiger partial charge in [0, 0.05) is 10.7 Å². The zero-order valence-corrected chi connectivity index (χ0v) is 14.4. The number of fused-ring (bicyclic) bond motifs is 1. The highest BCUT2D eigenvalue weighted by atomic mass is 79.9. The molecule has 18 heavy (non-hydrogen) atoms. The third-order valence-corrected chi connectivity index (χ3v) is 10.5. The SMILES string of the molecule is CC(C)(C)[Si](C)(C)O[C@H]1C[C@H]2C(=O)OC[C@H]2[C@@H]1Br. The smallest absolute Gasteiger partial charge is 0.309 e. The van der Waals surface area contributed by atoms with Gasteiger partial charge in [-0.1, -0.05) is 36.7 Å². The molecule has 0 aromatic carbocycles. The molecule has 0 amide bonds. The number of esters is 1. The molecule has 104 valence electrons. The van der Waals surface area contributed by atoms with Crippen molar-refractivity contribution in [1.82, 2.24) is 0 Å². The number of alkyl halides is 1. The summed E-state index contributed by atoms with van der Waals surface area (Å²) in [6.45, 7) is 11.8. The maximum atomic E-state index is 11.6. The highest BCUT2D eigenvalue weighted by Gasteiger charge is 2.53. The van der Waals surface area contributed by atoms with Crippen LogP contribution in [-0.2, 0) is 14.0 Å². The number of rotatable bonds is 2. The lowest BCUT2D eigenvalue weighted by Crippen LogP contribution is -2.45. The van der Waals surface area contributed by atoms with Gasteiger partial charge in [0.15, 0.2) is 8.32 Å². The first-order chi connectivity index (χ1) is 8.13. The first kappa shape index (κ1) is 14.5. The third kappa shape index (κ3) is 2.41. The van der Waals surface area contributed by atoms with Gasteiger partial charge in [-0.05, 0) is 24.6 Å². The molecule has 2 fully saturated rings. The molecule has 0 bridgehead atoms. The summed E-state index contributed by atoms with van der Waals surface area (Å²) in [5, 5.41) is 0.206. The summed E-state index contributed by atoms with van der Waals surface area (Å²) in [5.41, 5.74) is 0. The predicted octanol–water partition coefficient (Wildman–Crippen LogP) is 3.33. The molecule has 0 N–H and O–H groups in total. The molecule has 3 nitrogen and oxygen atoms in total. The van der Waals surface area contributed by atoms with E-state index in [1.165, 1.54) is 0 Å². The van der Waals surface area contributed by atoms with Crippen LogP contribution in [0.1, 0.15) is 27.2 Å². The Morgan fingerprint density at radius 3 is 2.50 bits per heavy atom. The molecule has 5 heteroatoms. The molecular weight excluding hydrogens is 312 g/mol. The van der Waals surface area contributed by atoms with E-state index in [0.29, 0.717) is 12.5 Å². The van der Waals surface area contributed by atoms with Crippen molar-refractivity contribution in [2.45, 2.75) is 56.3 Å². The molecule has 1 saturated carbocycles. The van der Waals surface area contributed by atoms with E-state index >= 15 is 0 Å². The normalized spacial score (nSPS) is 36.7. The minimum absolute atomic E-state index is 0.0363. The average Bonchev–Trinajstić information content (AvgIpc) is 2.69. The Labute approximate surface area is 119 Å². The molecule has 1 aliphatic carbocycles. The fourth-order valence-electron chi connectivity index (χ4n) is 2.49. The molecule has 1 saturated heterocycles. The summed E-state index contributed by atoms with van der Waals surface area (Å²) in [6.07, 6.45) is 0.972. The van der Waals surface area contributed by atoms with E-state index in [-0.39, 0.29) is 27.9 Å². The van der Waals surface area contributed by atoms with Gasteiger partial charge in [0.25, 0.3) is 0 Å². The van der Waals surface area contributed by atoms with Crippen molar-refractivity contribution in [3.8, 4) is 0 Å². The predicted molar refractivity (Wildman–Crippen MR) is 77.3 cm³/mol. The van der Waals surface area contributed by atoms with Crippen LogP contribution in [0.25, 0.3) is 0 Å². The first-order valence-corrected chi connectivity index (χ1v) is 10.4. The first-order valence-electron chi connectivity index (χ1n) is 6.62. The minimum Gasteiger partial charge on any atom is -0.465 e. The van der Waals surface area contributed by atoms with Gasteiger partial charge in [-0.3, -0.25) is 4.79 Å². The van der Waals surface area contributed by atoms with Gasteiger partial charge in [-0.25, -0.2) is 0 Å². The summed E-state index contributed by atoms with van der Waals surface area (Å²) in [7, 11) is -1.76. The van der Waals surface area contributed by atoms with E-state index in [4.69, 9.17) is 9.16 Å². The Morgan fingerprint density at radius 2 is 2.00 bits per heavy atom. The number of carbonyl (C=O) groups is 1. The van der Waals surface area contributed by atoms with Gasteiger partial charge in [0.05, 0.1) is 18.6 Å². The molecule has 0 unspecified atom stereocenters. The van der Waals surface area contributed by atoms with Crippen molar-refractivity contribution in [3.63, 3.8) is 0 Å². The van der Waals surface area contributed by atoms with Crippen LogP contribution in [0.3, 0.4) is 0 Å². The number of hydrogen-bond donors (Lipinski definition) is 0. The average molecular weight is 335 g/mol. The van der Waals surface area contributed by atoms with Crippen LogP contribution in [0, 0.1) is 11.8 Å². The summed E-state index contributed by atoms with van der Waals surface area (Å²) in [6, 6.07) is 0. The van der Waals surface area contributed by atoms with E-state index in [0.717, 1.165) is 6.42 Å². The van der Waals surface area contributed by atoms with Crippen molar-refractivity contribution in [2.75, 3.05) is 6.61 Å². The number of carbonyl (C=O) groups excluding carboxylic acids is 1. The molecule has 0 spiro atoms. The Bertz CT molecular complexity index is 351. The van der Waals surface area contributed by atoms with Gasteiger partial charge in [-0.2, -0.15) is 0 Å². The Kier molecular flexibility index (Phi) is 3.71. The lowest BCUT2D eigenvalue weighted by molar-refractivity contribution is -0.141. The van der Waals surface area contributed by atoms with Crippen LogP contribution in [0.15, 0.2) is 0 Å². The Hall–Kier alpha value is 0.127. The van der Waals surface area contributed by atoms with Crippen molar-refractivity contribution in [1.29, 1.82) is 0 Å². The van der Waals surface area contributed by atoms with Crippen molar-refractivity contribution >= 4 is 30.2 Å². The van der Waals surface area contributed by atoms with Crippen molar-refractivity contribution < 1.29 is 14.0 Å². The summed E-state index contributed by atoms with van der Waals surface area (Å²) >= 11 is 3.72. The van der Waals surface area contributed by atoms with E-state index in [9.17, 15) is 4.79 Å². The molecule has 1 aliphatic heterocycles. The highest BCUT2D eigenvalue weighted by Crippen LogP contribution is 2.46. The maximum absolute atomic E-state index is 11.6. The van der Waals surface area contributed by atoms with E-state index in [2.05, 4.69) is 49.8 Å². The minimum atomic E-state index is -1.76. The van der Waals surface area contributed by atoms with Crippen molar-refractivity contribution in [3.05, 3.63) is 0 Å². The zero-order chi connectivity index (χ0) is 13.7. The number of ether oxygens (including phenoxy) is 1. The van der Waals surface area contributed by atoms with Gasteiger partial charge in [0.2, 0.25) is 0 Å². The van der Waals surface area contributed by atoms with E-state index < -0.39 is 8.32 Å². The third-order valence-electron chi connectivity index (χ3n) is 4.74. The molecule has 4 atom stereocenters. The lowest BCUT2D eigenvalue weighted by Gasteiger charge is -2.39. The molecule has 1 heterocycles. The van der Waals surface area contributed by atoms with Gasteiger partial charge < -0.3 is 9.16 Å². The Balaban J connectivity index is 2.06. The second kappa shape index (κ2) is 4.60. The zero-order valence-electron chi connectivity index (χ0n) is 11.8. The summed E-state index contributed by atoms with van der Waals surface area (Å²) < 4.78 is 11.6. The molecule has 2 aliphatic rings. The maximum Gasteiger partial charge on any atom is 0.309 e. The van der Waals surface area contributed by atoms with Gasteiger partial charge >= 0.3 is 5.97 Å². The number of hydrogen-bond acceptors (Lipinski definition) is 3. The van der Waals surface area contributed by atoms with Crippen LogP contribution in [-0.4, -0.2) is 31.8 Å². The summed E-state index contributed by atoms with van der Waals surface area (Å²) in [5.74, 6) is 0.308. The van der Waals surface area contributed by atoms with Crippen LogP contribution in [0.5, 0.6) is 0 Å². The van der Waals surface area contributed by atoms with Crippen LogP contribution >= 0.6 is 15.9 Å². The fourth-order valence-corrected chi connectivity index (χ4v) is 4.88. The second-order valence-corrected chi connectivity index (χ2v) is 12.8.